The van der Waals surface area contributed by atoms with Gasteiger partial charge in [-0.3, -0.25) is 9.59 Å². The molecule has 0 saturated carbocycles. The van der Waals surface area contributed by atoms with Gasteiger partial charge in [0.15, 0.2) is 0 Å². The van der Waals surface area contributed by atoms with Gasteiger partial charge in [0, 0.05) is 32.5 Å². The van der Waals surface area contributed by atoms with E-state index in [0.717, 1.165) is 0 Å². The average molecular weight is 296 g/mol. The Bertz CT molecular complexity index is 488. The van der Waals surface area contributed by atoms with Gasteiger partial charge in [-0.1, -0.05) is 0 Å². The van der Waals surface area contributed by atoms with Crippen LogP contribution in [0.2, 0.25) is 0 Å². The van der Waals surface area contributed by atoms with Gasteiger partial charge >= 0.3 is 0 Å². The summed E-state index contributed by atoms with van der Waals surface area (Å²) in [4.78, 5) is 23.3. The first-order chi connectivity index (χ1) is 10.0. The summed E-state index contributed by atoms with van der Waals surface area (Å²) in [5.41, 5.74) is -0.586. The Labute approximate surface area is 122 Å². The van der Waals surface area contributed by atoms with Gasteiger partial charge in [-0.25, -0.2) is 0 Å². The number of carbonyl (C=O) groups excluding carboxylic acids is 2. The summed E-state index contributed by atoms with van der Waals surface area (Å²) < 4.78 is 10.1. The Morgan fingerprint density at radius 1 is 1.48 bits per heavy atom. The molecule has 2 rings (SSSR count). The molecule has 1 saturated heterocycles. The number of carbonyl (C=O) groups is 2. The molecule has 1 fully saturated rings. The summed E-state index contributed by atoms with van der Waals surface area (Å²) in [5.74, 6) is -0.511. The highest BCUT2D eigenvalue weighted by molar-refractivity contribution is 5.94. The van der Waals surface area contributed by atoms with Crippen LogP contribution in [0.15, 0.2) is 23.0 Å². The van der Waals surface area contributed by atoms with Gasteiger partial charge in [0.05, 0.1) is 17.9 Å². The van der Waals surface area contributed by atoms with Crippen molar-refractivity contribution in [3.8, 4) is 0 Å². The summed E-state index contributed by atoms with van der Waals surface area (Å²) in [6, 6.07) is 1.55. The average Bonchev–Trinajstić information content (AvgIpc) is 3.08. The van der Waals surface area contributed by atoms with Crippen LogP contribution < -0.4 is 10.6 Å². The van der Waals surface area contributed by atoms with Crippen LogP contribution in [-0.4, -0.2) is 48.3 Å². The summed E-state index contributed by atoms with van der Waals surface area (Å²) in [6.45, 7) is 2.65. The monoisotopic (exact) mass is 296 g/mol. The maximum atomic E-state index is 11.7. The number of amides is 2. The molecule has 2 atom stereocenters. The fourth-order valence-corrected chi connectivity index (χ4v) is 2.13. The van der Waals surface area contributed by atoms with E-state index in [9.17, 15) is 14.7 Å². The summed E-state index contributed by atoms with van der Waals surface area (Å²) >= 11 is 0. The number of ether oxygens (including phenoxy) is 1. The summed E-state index contributed by atoms with van der Waals surface area (Å²) in [6.07, 6.45) is 3.11. The van der Waals surface area contributed by atoms with Gasteiger partial charge in [0.1, 0.15) is 11.9 Å². The van der Waals surface area contributed by atoms with Crippen molar-refractivity contribution in [3.05, 3.63) is 24.2 Å². The Balaban J connectivity index is 1.65. The number of hydrogen-bond acceptors (Lipinski definition) is 5. The van der Waals surface area contributed by atoms with Crippen molar-refractivity contribution >= 4 is 11.8 Å². The van der Waals surface area contributed by atoms with Crippen LogP contribution in [0, 0.1) is 0 Å². The molecular formula is C14H20N2O5. The molecule has 0 radical (unpaired) electrons. The zero-order valence-corrected chi connectivity index (χ0v) is 11.9. The molecule has 0 aromatic carbocycles. The van der Waals surface area contributed by atoms with E-state index in [1.165, 1.54) is 12.5 Å². The van der Waals surface area contributed by atoms with Crippen molar-refractivity contribution in [2.45, 2.75) is 31.5 Å². The molecule has 2 unspecified atom stereocenters. The zero-order chi connectivity index (χ0) is 15.3. The molecule has 7 heteroatoms. The minimum absolute atomic E-state index is 0.148. The number of nitrogens with one attached hydrogen (secondary N) is 2. The summed E-state index contributed by atoms with van der Waals surface area (Å²) in [7, 11) is 0. The second-order valence-corrected chi connectivity index (χ2v) is 5.16. The first-order valence-corrected chi connectivity index (χ1v) is 6.92. The highest BCUT2D eigenvalue weighted by Gasteiger charge is 2.39. The molecule has 2 heterocycles. The van der Waals surface area contributed by atoms with E-state index in [4.69, 9.17) is 9.15 Å². The van der Waals surface area contributed by atoms with Crippen LogP contribution in [0.3, 0.4) is 0 Å². The van der Waals surface area contributed by atoms with Crippen molar-refractivity contribution in [1.29, 1.82) is 0 Å². The molecule has 0 spiro atoms. The van der Waals surface area contributed by atoms with Crippen LogP contribution in [0.4, 0.5) is 0 Å². The quantitative estimate of drug-likeness (QED) is 0.689. The first kappa shape index (κ1) is 15.5. The maximum absolute atomic E-state index is 11.7. The third-order valence-electron chi connectivity index (χ3n) is 3.67. The van der Waals surface area contributed by atoms with E-state index >= 15 is 0 Å². The maximum Gasteiger partial charge on any atom is 0.254 e. The van der Waals surface area contributed by atoms with Gasteiger partial charge in [-0.15, -0.1) is 0 Å². The lowest BCUT2D eigenvalue weighted by atomic mass is 9.97. The Morgan fingerprint density at radius 2 is 2.29 bits per heavy atom. The number of aliphatic hydroxyl groups is 1. The molecule has 7 nitrogen and oxygen atoms in total. The van der Waals surface area contributed by atoms with Crippen LogP contribution in [0.25, 0.3) is 0 Å². The standard InChI is InChI=1S/C14H20N2O5/c1-10-14(19,4-7-21-10)9-16-12(17)2-5-15-13(18)11-3-6-20-8-11/h3,6,8,10,19H,2,4-5,7,9H2,1H3,(H,15,18)(H,16,17). The molecule has 1 aromatic heterocycles. The van der Waals surface area contributed by atoms with Crippen molar-refractivity contribution in [3.63, 3.8) is 0 Å². The predicted molar refractivity (Wildman–Crippen MR) is 73.6 cm³/mol. The molecule has 3 N–H and O–H groups in total. The lowest BCUT2D eigenvalue weighted by molar-refractivity contribution is -0.122. The molecule has 0 aliphatic carbocycles. The van der Waals surface area contributed by atoms with Gasteiger partial charge in [-0.2, -0.15) is 0 Å². The van der Waals surface area contributed by atoms with E-state index < -0.39 is 5.60 Å². The van der Waals surface area contributed by atoms with E-state index in [2.05, 4.69) is 10.6 Å². The van der Waals surface area contributed by atoms with Crippen LogP contribution >= 0.6 is 0 Å². The Kier molecular flexibility index (Phi) is 4.98. The normalized spacial score (nSPS) is 24.8. The van der Waals surface area contributed by atoms with Crippen molar-refractivity contribution < 1.29 is 23.8 Å². The first-order valence-electron chi connectivity index (χ1n) is 6.92. The topological polar surface area (TPSA) is 101 Å². The number of rotatable bonds is 6. The third kappa shape index (κ3) is 4.05. The number of furan rings is 1. The molecule has 21 heavy (non-hydrogen) atoms. The van der Waals surface area contributed by atoms with E-state index in [0.29, 0.717) is 18.6 Å². The third-order valence-corrected chi connectivity index (χ3v) is 3.67. The van der Waals surface area contributed by atoms with Gasteiger partial charge < -0.3 is 24.9 Å². The largest absolute Gasteiger partial charge is 0.472 e. The minimum atomic E-state index is -1.00. The molecule has 1 aliphatic rings. The molecule has 1 aliphatic heterocycles. The van der Waals surface area contributed by atoms with E-state index in [-0.39, 0.29) is 37.4 Å². The van der Waals surface area contributed by atoms with Crippen molar-refractivity contribution in [1.82, 2.24) is 10.6 Å². The van der Waals surface area contributed by atoms with Crippen LogP contribution in [0.5, 0.6) is 0 Å². The fraction of sp³-hybridized carbons (Fsp3) is 0.571. The van der Waals surface area contributed by atoms with Gasteiger partial charge in [-0.05, 0) is 13.0 Å². The smallest absolute Gasteiger partial charge is 0.254 e. The van der Waals surface area contributed by atoms with Crippen molar-refractivity contribution in [2.75, 3.05) is 19.7 Å². The second-order valence-electron chi connectivity index (χ2n) is 5.16. The SMILES string of the molecule is CC1OCCC1(O)CNC(=O)CCNC(=O)c1ccoc1. The lowest BCUT2D eigenvalue weighted by Crippen LogP contribution is -2.47. The highest BCUT2D eigenvalue weighted by atomic mass is 16.5. The molecule has 1 aromatic rings. The molecule has 0 bridgehead atoms. The fourth-order valence-electron chi connectivity index (χ4n) is 2.13. The lowest BCUT2D eigenvalue weighted by Gasteiger charge is -2.26. The van der Waals surface area contributed by atoms with E-state index in [1.54, 1.807) is 13.0 Å². The molecule has 2 amide bonds. The Morgan fingerprint density at radius 3 is 2.90 bits per heavy atom. The van der Waals surface area contributed by atoms with Crippen LogP contribution in [-0.2, 0) is 9.53 Å². The van der Waals surface area contributed by atoms with E-state index in [1.807, 2.05) is 0 Å². The van der Waals surface area contributed by atoms with Gasteiger partial charge in [0.25, 0.3) is 5.91 Å². The molecule has 116 valence electrons. The van der Waals surface area contributed by atoms with Crippen molar-refractivity contribution in [2.24, 2.45) is 0 Å². The molecular weight excluding hydrogens is 276 g/mol. The zero-order valence-electron chi connectivity index (χ0n) is 11.9. The summed E-state index contributed by atoms with van der Waals surface area (Å²) in [5, 5.41) is 15.5. The second kappa shape index (κ2) is 6.73. The highest BCUT2D eigenvalue weighted by Crippen LogP contribution is 2.24. The number of hydrogen-bond donors (Lipinski definition) is 3. The van der Waals surface area contributed by atoms with Gasteiger partial charge in [0.2, 0.25) is 5.91 Å². The Hall–Kier alpha value is -1.86. The van der Waals surface area contributed by atoms with Crippen LogP contribution in [0.1, 0.15) is 30.1 Å². The predicted octanol–water partition coefficient (Wildman–Crippen LogP) is 0.0556. The minimum Gasteiger partial charge on any atom is -0.472 e.